The van der Waals surface area contributed by atoms with E-state index in [1.807, 2.05) is 18.2 Å². The van der Waals surface area contributed by atoms with Gasteiger partial charge in [0.05, 0.1) is 5.56 Å². The number of rotatable bonds is 3. The molecule has 0 saturated carbocycles. The van der Waals surface area contributed by atoms with E-state index in [9.17, 15) is 4.79 Å². The minimum Gasteiger partial charge on any atom is -0.405 e. The van der Waals surface area contributed by atoms with E-state index in [1.165, 1.54) is 6.20 Å². The Hall–Kier alpha value is -1.04. The third-order valence-corrected chi connectivity index (χ3v) is 3.09. The fourth-order valence-corrected chi connectivity index (χ4v) is 1.97. The fraction of sp³-hybridized carbons (Fsp3) is 0.100. The summed E-state index contributed by atoms with van der Waals surface area (Å²) in [6.45, 7) is 0. The molecule has 0 bridgehead atoms. The molecule has 0 aliphatic carbocycles. The van der Waals surface area contributed by atoms with E-state index in [2.05, 4.69) is 22.6 Å². The molecule has 4 heteroatoms. The van der Waals surface area contributed by atoms with Crippen LogP contribution in [0.3, 0.4) is 0 Å². The first-order chi connectivity index (χ1) is 6.66. The molecule has 3 nitrogen and oxygen atoms in total. The summed E-state index contributed by atoms with van der Waals surface area (Å²) >= 11 is 2.12. The number of amides is 1. The van der Waals surface area contributed by atoms with Gasteiger partial charge in [-0.25, -0.2) is 0 Å². The van der Waals surface area contributed by atoms with E-state index in [1.54, 1.807) is 6.07 Å². The molecule has 0 heterocycles. The molecule has 1 aromatic rings. The van der Waals surface area contributed by atoms with Crippen molar-refractivity contribution in [1.82, 2.24) is 0 Å². The van der Waals surface area contributed by atoms with Gasteiger partial charge in [-0.15, -0.1) is 0 Å². The van der Waals surface area contributed by atoms with E-state index in [0.29, 0.717) is 5.56 Å². The predicted molar refractivity (Wildman–Crippen MR) is 64.7 cm³/mol. The lowest BCUT2D eigenvalue weighted by Gasteiger charge is -2.04. The van der Waals surface area contributed by atoms with Crippen LogP contribution in [-0.2, 0) is 6.42 Å². The molecular weight excluding hydrogens is 291 g/mol. The van der Waals surface area contributed by atoms with Crippen molar-refractivity contribution in [2.45, 2.75) is 6.42 Å². The molecule has 1 amide bonds. The first-order valence-electron chi connectivity index (χ1n) is 4.10. The monoisotopic (exact) mass is 302 g/mol. The Bertz CT molecular complexity index is 374. The first-order valence-corrected chi connectivity index (χ1v) is 5.18. The minimum atomic E-state index is -0.395. The molecule has 0 unspecified atom stereocenters. The van der Waals surface area contributed by atoms with Gasteiger partial charge < -0.3 is 11.5 Å². The highest BCUT2D eigenvalue weighted by Gasteiger charge is 2.08. The van der Waals surface area contributed by atoms with Gasteiger partial charge in [0.2, 0.25) is 5.91 Å². The summed E-state index contributed by atoms with van der Waals surface area (Å²) in [5, 5.41) is 0. The lowest BCUT2D eigenvalue weighted by molar-refractivity contribution is 0.0999. The zero-order valence-electron chi connectivity index (χ0n) is 7.53. The van der Waals surface area contributed by atoms with Crippen LogP contribution < -0.4 is 11.5 Å². The zero-order chi connectivity index (χ0) is 10.6. The van der Waals surface area contributed by atoms with Crippen molar-refractivity contribution < 1.29 is 4.79 Å². The smallest absolute Gasteiger partial charge is 0.249 e. The Morgan fingerprint density at radius 2 is 2.21 bits per heavy atom. The lowest BCUT2D eigenvalue weighted by Crippen LogP contribution is -2.13. The molecule has 74 valence electrons. The normalized spacial score (nSPS) is 10.6. The Kier molecular flexibility index (Phi) is 3.94. The SMILES string of the molecule is NC=CCc1cccc(C(N)=O)c1I. The third-order valence-electron chi connectivity index (χ3n) is 1.82. The first kappa shape index (κ1) is 11.0. The van der Waals surface area contributed by atoms with Gasteiger partial charge in [-0.3, -0.25) is 4.79 Å². The minimum absolute atomic E-state index is 0.395. The molecule has 4 N–H and O–H groups in total. The van der Waals surface area contributed by atoms with Gasteiger partial charge >= 0.3 is 0 Å². The summed E-state index contributed by atoms with van der Waals surface area (Å²) in [6.07, 6.45) is 4.05. The van der Waals surface area contributed by atoms with Gasteiger partial charge in [-0.2, -0.15) is 0 Å². The van der Waals surface area contributed by atoms with Crippen molar-refractivity contribution in [3.05, 3.63) is 45.2 Å². The number of carbonyl (C=O) groups excluding carboxylic acids is 1. The third kappa shape index (κ3) is 2.47. The van der Waals surface area contributed by atoms with Crippen molar-refractivity contribution in [2.75, 3.05) is 0 Å². The number of primary amides is 1. The van der Waals surface area contributed by atoms with Crippen LogP contribution in [-0.4, -0.2) is 5.91 Å². The maximum Gasteiger partial charge on any atom is 0.249 e. The van der Waals surface area contributed by atoms with E-state index in [-0.39, 0.29) is 0 Å². The standard InChI is InChI=1S/C10H11IN2O/c11-9-7(4-2-6-12)3-1-5-8(9)10(13)14/h1-3,5-6H,4,12H2,(H2,13,14). The van der Waals surface area contributed by atoms with Gasteiger partial charge in [-0.1, -0.05) is 18.2 Å². The summed E-state index contributed by atoms with van der Waals surface area (Å²) < 4.78 is 0.899. The van der Waals surface area contributed by atoms with Crippen LogP contribution in [0.15, 0.2) is 30.5 Å². The van der Waals surface area contributed by atoms with Crippen LogP contribution in [0, 0.1) is 3.57 Å². The van der Waals surface area contributed by atoms with Crippen molar-refractivity contribution in [3.8, 4) is 0 Å². The van der Waals surface area contributed by atoms with Gasteiger partial charge in [0.25, 0.3) is 0 Å². The lowest BCUT2D eigenvalue weighted by atomic mass is 10.1. The molecule has 0 radical (unpaired) electrons. The van der Waals surface area contributed by atoms with Crippen molar-refractivity contribution >= 4 is 28.5 Å². The van der Waals surface area contributed by atoms with Gasteiger partial charge in [0.15, 0.2) is 0 Å². The zero-order valence-corrected chi connectivity index (χ0v) is 9.69. The quantitative estimate of drug-likeness (QED) is 0.829. The summed E-state index contributed by atoms with van der Waals surface area (Å²) in [5.74, 6) is -0.395. The molecule has 0 aromatic heterocycles. The van der Waals surface area contributed by atoms with Crippen molar-refractivity contribution in [1.29, 1.82) is 0 Å². The fourth-order valence-electron chi connectivity index (χ4n) is 1.12. The summed E-state index contributed by atoms with van der Waals surface area (Å²) in [7, 11) is 0. The number of nitrogens with two attached hydrogens (primary N) is 2. The van der Waals surface area contributed by atoms with Crippen LogP contribution in [0.5, 0.6) is 0 Å². The molecule has 0 aliphatic rings. The van der Waals surface area contributed by atoms with E-state index < -0.39 is 5.91 Å². The summed E-state index contributed by atoms with van der Waals surface area (Å²) in [5.41, 5.74) is 12.1. The number of hydrogen-bond acceptors (Lipinski definition) is 2. The number of carbonyl (C=O) groups is 1. The van der Waals surface area contributed by atoms with E-state index in [0.717, 1.165) is 15.6 Å². The second-order valence-electron chi connectivity index (χ2n) is 2.78. The highest BCUT2D eigenvalue weighted by molar-refractivity contribution is 14.1. The van der Waals surface area contributed by atoms with Crippen LogP contribution in [0.25, 0.3) is 0 Å². The number of allylic oxidation sites excluding steroid dienone is 1. The molecule has 0 saturated heterocycles. The van der Waals surface area contributed by atoms with E-state index in [4.69, 9.17) is 11.5 Å². The van der Waals surface area contributed by atoms with E-state index >= 15 is 0 Å². The largest absolute Gasteiger partial charge is 0.405 e. The van der Waals surface area contributed by atoms with Crippen LogP contribution in [0.2, 0.25) is 0 Å². The number of hydrogen-bond donors (Lipinski definition) is 2. The maximum atomic E-state index is 11.0. The van der Waals surface area contributed by atoms with Crippen LogP contribution in [0.1, 0.15) is 15.9 Å². The molecule has 1 aromatic carbocycles. The molecular formula is C10H11IN2O. The second kappa shape index (κ2) is 4.99. The summed E-state index contributed by atoms with van der Waals surface area (Å²) in [6, 6.07) is 5.50. The average Bonchev–Trinajstić information content (AvgIpc) is 2.16. The average molecular weight is 302 g/mol. The number of halogens is 1. The molecule has 14 heavy (non-hydrogen) atoms. The predicted octanol–water partition coefficient (Wildman–Crippen LogP) is 1.41. The van der Waals surface area contributed by atoms with Gasteiger partial charge in [0, 0.05) is 3.57 Å². The van der Waals surface area contributed by atoms with Crippen LogP contribution in [0.4, 0.5) is 0 Å². The highest BCUT2D eigenvalue weighted by Crippen LogP contribution is 2.17. The summed E-state index contributed by atoms with van der Waals surface area (Å²) in [4.78, 5) is 11.0. The van der Waals surface area contributed by atoms with Gasteiger partial charge in [0.1, 0.15) is 0 Å². The Labute approximate surface area is 96.3 Å². The Morgan fingerprint density at radius 3 is 2.79 bits per heavy atom. The Morgan fingerprint density at radius 1 is 1.50 bits per heavy atom. The molecule has 0 spiro atoms. The Balaban J connectivity index is 3.07. The maximum absolute atomic E-state index is 11.0. The molecule has 0 atom stereocenters. The highest BCUT2D eigenvalue weighted by atomic mass is 127. The second-order valence-corrected chi connectivity index (χ2v) is 3.85. The van der Waals surface area contributed by atoms with Gasteiger partial charge in [-0.05, 0) is 46.8 Å². The van der Waals surface area contributed by atoms with Crippen LogP contribution >= 0.6 is 22.6 Å². The molecule has 0 aliphatic heterocycles. The molecule has 1 rings (SSSR count). The van der Waals surface area contributed by atoms with Crippen molar-refractivity contribution in [3.63, 3.8) is 0 Å². The molecule has 0 fully saturated rings. The number of benzene rings is 1. The topological polar surface area (TPSA) is 69.1 Å². The van der Waals surface area contributed by atoms with Crippen molar-refractivity contribution in [2.24, 2.45) is 11.5 Å².